The zero-order valence-corrected chi connectivity index (χ0v) is 48.5. The molecule has 7 atom stereocenters. The molecule has 7 heterocycles. The fraction of sp³-hybridized carbons (Fsp3) is 0.738. The van der Waals surface area contributed by atoms with E-state index in [0.717, 1.165) is 131 Å². The monoisotopic (exact) mass is 1050 g/mol. The Morgan fingerprint density at radius 3 is 2.41 bits per heavy atom. The van der Waals surface area contributed by atoms with Gasteiger partial charge >= 0.3 is 5.97 Å². The number of hydrazine groups is 1. The number of ether oxygens (including phenoxy) is 4. The number of benzene rings is 1. The number of hydrogen-bond acceptors (Lipinski definition) is 12. The second kappa shape index (κ2) is 23.3. The SMILES string of the molecule is CCCN1CC(C)C(C2CC3(COC3)C2)C(NC(=O)C(C(C)C)N2CCCC2(C)CN(CCC)C2COC2)C(=O)N2CCCC(N2)C(=O)OCC(C)(C)Cc2c(-c3cc(C)cnc3C(C)OC)n(CC)c3ccc1cc23. The summed E-state index contributed by atoms with van der Waals surface area (Å²) in [5.41, 5.74) is 10.4. The zero-order valence-electron chi connectivity index (χ0n) is 48.5. The molecule has 3 aromatic rings. The maximum absolute atomic E-state index is 15.9. The highest BCUT2D eigenvalue weighted by molar-refractivity contribution is 5.95. The third-order valence-corrected chi connectivity index (χ3v) is 18.5. The molecule has 420 valence electrons. The lowest BCUT2D eigenvalue weighted by atomic mass is 9.54. The van der Waals surface area contributed by atoms with Gasteiger partial charge in [0.15, 0.2) is 0 Å². The van der Waals surface area contributed by atoms with Crippen molar-refractivity contribution in [3.63, 3.8) is 0 Å². The van der Waals surface area contributed by atoms with Crippen LogP contribution in [0, 0.1) is 41.4 Å². The number of pyridine rings is 1. The van der Waals surface area contributed by atoms with Gasteiger partial charge in [-0.05, 0) is 158 Å². The number of aryl methyl sites for hydroxylation is 2. The number of hydrogen-bond donors (Lipinski definition) is 2. The Hall–Kier alpha value is -4.12. The first-order valence-electron chi connectivity index (χ1n) is 29.4. The van der Waals surface area contributed by atoms with Crippen molar-refractivity contribution in [3.05, 3.63) is 47.3 Å². The summed E-state index contributed by atoms with van der Waals surface area (Å²) in [6.45, 7) is 32.7. The highest BCUT2D eigenvalue weighted by Crippen LogP contribution is 2.56. The summed E-state index contributed by atoms with van der Waals surface area (Å²) in [5, 5.41) is 6.45. The molecule has 1 saturated carbocycles. The van der Waals surface area contributed by atoms with Crippen molar-refractivity contribution in [1.29, 1.82) is 0 Å². The predicted molar refractivity (Wildman–Crippen MR) is 300 cm³/mol. The van der Waals surface area contributed by atoms with Crippen LogP contribution < -0.4 is 15.6 Å². The molecular formula is C61H94N8O7. The normalized spacial score (nSPS) is 27.6. The number of fused-ring (bicyclic) bond motifs is 3. The lowest BCUT2D eigenvalue weighted by Gasteiger charge is -2.57. The van der Waals surface area contributed by atoms with Gasteiger partial charge in [-0.3, -0.25) is 34.2 Å². The molecule has 1 aliphatic carbocycles. The van der Waals surface area contributed by atoms with Crippen molar-refractivity contribution in [2.24, 2.45) is 34.5 Å². The number of likely N-dealkylation sites (tertiary alicyclic amines) is 1. The molecule has 7 unspecified atom stereocenters. The molecule has 1 spiro atoms. The average Bonchev–Trinajstić information content (AvgIpc) is 3.86. The van der Waals surface area contributed by atoms with Crippen LogP contribution in [-0.4, -0.2) is 151 Å². The molecule has 2 N–H and O–H groups in total. The van der Waals surface area contributed by atoms with E-state index in [1.807, 2.05) is 6.20 Å². The largest absolute Gasteiger partial charge is 0.464 e. The van der Waals surface area contributed by atoms with Gasteiger partial charge in [0.05, 0.1) is 62.6 Å². The molecule has 9 rings (SSSR count). The fourth-order valence-electron chi connectivity index (χ4n) is 14.5. The van der Waals surface area contributed by atoms with Crippen molar-refractivity contribution < 1.29 is 33.3 Å². The first-order chi connectivity index (χ1) is 36.3. The number of carbonyl (C=O) groups is 3. The van der Waals surface area contributed by atoms with Gasteiger partial charge in [-0.15, -0.1) is 0 Å². The van der Waals surface area contributed by atoms with Crippen molar-refractivity contribution in [2.75, 3.05) is 84.3 Å². The summed E-state index contributed by atoms with van der Waals surface area (Å²) < 4.78 is 26.3. The van der Waals surface area contributed by atoms with Crippen LogP contribution in [0.3, 0.4) is 0 Å². The summed E-state index contributed by atoms with van der Waals surface area (Å²) in [6.07, 6.45) is 9.40. The first kappa shape index (κ1) is 56.6. The minimum absolute atomic E-state index is 0.00929. The minimum atomic E-state index is -0.838. The smallest absolute Gasteiger partial charge is 0.324 e. The van der Waals surface area contributed by atoms with E-state index in [-0.39, 0.29) is 65.1 Å². The Bertz CT molecular complexity index is 2530. The van der Waals surface area contributed by atoms with Crippen LogP contribution >= 0.6 is 0 Å². The third-order valence-electron chi connectivity index (χ3n) is 18.5. The molecule has 15 nitrogen and oxygen atoms in total. The topological polar surface area (TPSA) is 143 Å². The maximum Gasteiger partial charge on any atom is 0.324 e. The Morgan fingerprint density at radius 2 is 1.76 bits per heavy atom. The van der Waals surface area contributed by atoms with Crippen molar-refractivity contribution >= 4 is 34.4 Å². The highest BCUT2D eigenvalue weighted by Gasteiger charge is 2.56. The summed E-state index contributed by atoms with van der Waals surface area (Å²) >= 11 is 0. The minimum Gasteiger partial charge on any atom is -0.464 e. The number of anilines is 1. The van der Waals surface area contributed by atoms with E-state index < -0.39 is 23.5 Å². The highest BCUT2D eigenvalue weighted by atomic mass is 16.5. The summed E-state index contributed by atoms with van der Waals surface area (Å²) in [6, 6.07) is 7.61. The molecular weight excluding hydrogens is 957 g/mol. The molecule has 4 saturated heterocycles. The fourth-order valence-corrected chi connectivity index (χ4v) is 14.5. The Morgan fingerprint density at radius 1 is 1.00 bits per heavy atom. The van der Waals surface area contributed by atoms with Gasteiger partial charge in [0, 0.05) is 84.6 Å². The summed E-state index contributed by atoms with van der Waals surface area (Å²) in [5.74, 6) is -0.669. The third kappa shape index (κ3) is 11.4. The number of cyclic esters (lactones) is 1. The summed E-state index contributed by atoms with van der Waals surface area (Å²) in [7, 11) is 1.74. The number of amides is 2. The molecule has 0 radical (unpaired) electrons. The van der Waals surface area contributed by atoms with E-state index in [9.17, 15) is 4.79 Å². The van der Waals surface area contributed by atoms with Gasteiger partial charge in [-0.25, -0.2) is 5.43 Å². The number of nitrogens with one attached hydrogen (secondary N) is 2. The van der Waals surface area contributed by atoms with Gasteiger partial charge in [0.1, 0.15) is 12.1 Å². The predicted octanol–water partition coefficient (Wildman–Crippen LogP) is 8.73. The zero-order chi connectivity index (χ0) is 54.3. The van der Waals surface area contributed by atoms with Crippen LogP contribution in [0.15, 0.2) is 30.5 Å². The van der Waals surface area contributed by atoms with Crippen LogP contribution in [0.2, 0.25) is 0 Å². The lowest BCUT2D eigenvalue weighted by Crippen LogP contribution is -2.67. The first-order valence-corrected chi connectivity index (χ1v) is 29.4. The summed E-state index contributed by atoms with van der Waals surface area (Å²) in [4.78, 5) is 58.6. The Kier molecular flexibility index (Phi) is 17.4. The van der Waals surface area contributed by atoms with E-state index in [1.165, 1.54) is 10.9 Å². The van der Waals surface area contributed by atoms with Gasteiger partial charge in [-0.1, -0.05) is 48.5 Å². The van der Waals surface area contributed by atoms with Crippen LogP contribution in [0.5, 0.6) is 0 Å². The van der Waals surface area contributed by atoms with Crippen molar-refractivity contribution in [3.8, 4) is 11.3 Å². The van der Waals surface area contributed by atoms with Crippen LogP contribution in [0.1, 0.15) is 144 Å². The van der Waals surface area contributed by atoms with Gasteiger partial charge in [0.2, 0.25) is 5.91 Å². The van der Waals surface area contributed by atoms with E-state index in [2.05, 4.69) is 130 Å². The molecule has 76 heavy (non-hydrogen) atoms. The quantitative estimate of drug-likeness (QED) is 0.133. The molecule has 4 bridgehead atoms. The average molecular weight is 1050 g/mol. The molecule has 2 aromatic heterocycles. The van der Waals surface area contributed by atoms with E-state index in [4.69, 9.17) is 23.9 Å². The number of carbonyl (C=O) groups excluding carboxylic acids is 3. The van der Waals surface area contributed by atoms with Crippen molar-refractivity contribution in [2.45, 2.75) is 176 Å². The maximum atomic E-state index is 15.9. The second-order valence-electron chi connectivity index (χ2n) is 25.7. The Balaban J connectivity index is 1.15. The van der Waals surface area contributed by atoms with E-state index in [0.29, 0.717) is 38.4 Å². The lowest BCUT2D eigenvalue weighted by molar-refractivity contribution is -0.194. The van der Waals surface area contributed by atoms with E-state index in [1.54, 1.807) is 12.1 Å². The van der Waals surface area contributed by atoms with Gasteiger partial charge in [-0.2, -0.15) is 0 Å². The molecule has 5 aliphatic heterocycles. The van der Waals surface area contributed by atoms with Crippen molar-refractivity contribution in [1.82, 2.24) is 35.1 Å². The number of methoxy groups -OCH3 is 1. The Labute approximate surface area is 454 Å². The number of aromatic nitrogens is 2. The number of nitrogens with zero attached hydrogens (tertiary/aromatic N) is 6. The van der Waals surface area contributed by atoms with Gasteiger partial charge in [0.25, 0.3) is 5.91 Å². The standard InChI is InChI=1S/C61H94N8O7/c1-13-22-65-32-41(7)51(43-28-61(29-43)37-75-38-61)53(63-56(70)54(39(4)5)68-24-17-21-60(68,11)35-66(23-14-2)45-33-74-34-45)57(71)69-25-16-18-49(64-69)58(72)76-36-59(9,10)30-48-46-27-44(65)19-20-50(46)67(15-3)55(48)47-26-40(6)31-62-52(47)42(8)73-12/h19-20,26-27,31,39,41-43,45,49,51,53-54,64H,13-18,21-25,28-30,32-38H2,1-12H3,(H,63,70). The van der Waals surface area contributed by atoms with Crippen LogP contribution in [-0.2, 0) is 46.3 Å². The van der Waals surface area contributed by atoms with Crippen LogP contribution in [0.25, 0.3) is 22.2 Å². The molecule has 15 heteroatoms. The number of esters is 1. The van der Waals surface area contributed by atoms with E-state index >= 15 is 9.59 Å². The van der Waals surface area contributed by atoms with Crippen LogP contribution in [0.4, 0.5) is 5.69 Å². The molecule has 5 fully saturated rings. The molecule has 2 amide bonds. The molecule has 6 aliphatic rings. The second-order valence-corrected chi connectivity index (χ2v) is 25.7. The molecule has 1 aromatic carbocycles. The van der Waals surface area contributed by atoms with Gasteiger partial charge < -0.3 is 33.7 Å². The number of rotatable bonds is 16.